The van der Waals surface area contributed by atoms with Gasteiger partial charge in [-0.15, -0.1) is 0 Å². The number of allylic oxidation sites excluding steroid dienone is 1. The molecule has 0 aliphatic carbocycles. The second-order valence-electron chi connectivity index (χ2n) is 7.07. The summed E-state index contributed by atoms with van der Waals surface area (Å²) in [5, 5.41) is 9.69. The van der Waals surface area contributed by atoms with E-state index in [9.17, 15) is 5.11 Å². The molecular weight excluding hydrogens is 232 g/mol. The molecule has 0 saturated carbocycles. The molecule has 0 heterocycles. The maximum Gasteiger partial charge on any atom is 0.0594 e. The van der Waals surface area contributed by atoms with Crippen molar-refractivity contribution >= 4 is 6.08 Å². The molecule has 1 aromatic carbocycles. The van der Waals surface area contributed by atoms with E-state index in [4.69, 9.17) is 0 Å². The van der Waals surface area contributed by atoms with Crippen LogP contribution in [0, 0.1) is 6.92 Å². The lowest BCUT2D eigenvalue weighted by molar-refractivity contribution is 0.0722. The summed E-state index contributed by atoms with van der Waals surface area (Å²) >= 11 is 0. The van der Waals surface area contributed by atoms with Gasteiger partial charge in [0.1, 0.15) is 0 Å². The highest BCUT2D eigenvalue weighted by Gasteiger charge is 2.14. The molecule has 0 unspecified atom stereocenters. The van der Waals surface area contributed by atoms with E-state index in [-0.39, 0.29) is 5.41 Å². The Hall–Kier alpha value is -1.08. The molecule has 106 valence electrons. The van der Waals surface area contributed by atoms with E-state index in [0.29, 0.717) is 0 Å². The first-order valence-corrected chi connectivity index (χ1v) is 7.10. The summed E-state index contributed by atoms with van der Waals surface area (Å²) in [6.45, 7) is 12.6. The van der Waals surface area contributed by atoms with Gasteiger partial charge >= 0.3 is 0 Å². The highest BCUT2D eigenvalue weighted by atomic mass is 16.3. The molecule has 0 atom stereocenters. The van der Waals surface area contributed by atoms with Gasteiger partial charge in [-0.2, -0.15) is 0 Å². The van der Waals surface area contributed by atoms with Gasteiger partial charge in [0.15, 0.2) is 0 Å². The average molecular weight is 260 g/mol. The molecule has 1 rings (SSSR count). The minimum Gasteiger partial charge on any atom is -0.390 e. The Bertz CT molecular complexity index is 442. The van der Waals surface area contributed by atoms with E-state index >= 15 is 0 Å². The monoisotopic (exact) mass is 260 g/mol. The predicted octanol–water partition coefficient (Wildman–Crippen LogP) is 4.86. The first kappa shape index (κ1) is 16.0. The molecule has 1 aromatic rings. The lowest BCUT2D eigenvalue weighted by Crippen LogP contribution is -2.17. The van der Waals surface area contributed by atoms with Gasteiger partial charge < -0.3 is 5.11 Å². The van der Waals surface area contributed by atoms with E-state index in [2.05, 4.69) is 58.0 Å². The molecule has 0 amide bonds. The minimum atomic E-state index is -0.577. The van der Waals surface area contributed by atoms with E-state index in [0.717, 1.165) is 12.8 Å². The first-order chi connectivity index (χ1) is 8.59. The van der Waals surface area contributed by atoms with Gasteiger partial charge in [0, 0.05) is 0 Å². The van der Waals surface area contributed by atoms with E-state index in [1.54, 1.807) is 0 Å². The topological polar surface area (TPSA) is 20.2 Å². The molecule has 0 aliphatic rings. The molecule has 0 saturated heterocycles. The van der Waals surface area contributed by atoms with Crippen LogP contribution in [0.25, 0.3) is 6.08 Å². The van der Waals surface area contributed by atoms with Crippen molar-refractivity contribution in [2.24, 2.45) is 0 Å². The largest absolute Gasteiger partial charge is 0.390 e. The Morgan fingerprint density at radius 2 is 1.74 bits per heavy atom. The summed E-state index contributed by atoms with van der Waals surface area (Å²) in [5.74, 6) is 0. The fourth-order valence-corrected chi connectivity index (χ4v) is 1.93. The van der Waals surface area contributed by atoms with Crippen LogP contribution in [0.1, 0.15) is 64.2 Å². The van der Waals surface area contributed by atoms with Gasteiger partial charge in [0.25, 0.3) is 0 Å². The number of hydrogen-bond donors (Lipinski definition) is 1. The molecule has 19 heavy (non-hydrogen) atoms. The van der Waals surface area contributed by atoms with E-state index in [1.165, 1.54) is 16.7 Å². The predicted molar refractivity (Wildman–Crippen MR) is 84.4 cm³/mol. The summed E-state index contributed by atoms with van der Waals surface area (Å²) in [4.78, 5) is 0. The zero-order valence-corrected chi connectivity index (χ0v) is 13.2. The fourth-order valence-electron chi connectivity index (χ4n) is 1.93. The van der Waals surface area contributed by atoms with Crippen LogP contribution in [0.2, 0.25) is 0 Å². The molecular formula is C18H28O. The van der Waals surface area contributed by atoms with Crippen LogP contribution in [-0.4, -0.2) is 10.7 Å². The van der Waals surface area contributed by atoms with Gasteiger partial charge in [0.05, 0.1) is 5.60 Å². The van der Waals surface area contributed by atoms with Crippen molar-refractivity contribution in [1.82, 2.24) is 0 Å². The Morgan fingerprint density at radius 3 is 2.26 bits per heavy atom. The minimum absolute atomic E-state index is 0.184. The molecule has 0 radical (unpaired) electrons. The molecule has 0 aliphatic heterocycles. The van der Waals surface area contributed by atoms with Gasteiger partial charge in [-0.3, -0.25) is 0 Å². The Balaban J connectivity index is 2.80. The summed E-state index contributed by atoms with van der Waals surface area (Å²) in [7, 11) is 0. The maximum atomic E-state index is 9.69. The van der Waals surface area contributed by atoms with Crippen LogP contribution in [0.15, 0.2) is 24.3 Å². The second kappa shape index (κ2) is 5.92. The standard InChI is InChI=1S/C18H28O/c1-14-10-11-16(17(2,3)4)13-15(14)9-7-8-12-18(5,6)19/h7,9-11,13,19H,8,12H2,1-6H3/b9-7+. The summed E-state index contributed by atoms with van der Waals surface area (Å²) in [6, 6.07) is 6.68. The molecule has 1 heteroatoms. The van der Waals surface area contributed by atoms with Crippen molar-refractivity contribution in [3.8, 4) is 0 Å². The molecule has 1 nitrogen and oxygen atoms in total. The molecule has 1 N–H and O–H groups in total. The Kier molecular flexibility index (Phi) is 4.98. The normalized spacial score (nSPS) is 13.2. The van der Waals surface area contributed by atoms with Crippen molar-refractivity contribution in [3.63, 3.8) is 0 Å². The maximum absolute atomic E-state index is 9.69. The number of aliphatic hydroxyl groups is 1. The number of benzene rings is 1. The second-order valence-corrected chi connectivity index (χ2v) is 7.07. The lowest BCUT2D eigenvalue weighted by Gasteiger charge is -2.20. The fraction of sp³-hybridized carbons (Fsp3) is 0.556. The zero-order valence-electron chi connectivity index (χ0n) is 13.2. The molecule has 0 aromatic heterocycles. The van der Waals surface area contributed by atoms with Crippen LogP contribution < -0.4 is 0 Å². The van der Waals surface area contributed by atoms with Crippen molar-refractivity contribution in [2.75, 3.05) is 0 Å². The van der Waals surface area contributed by atoms with Crippen molar-refractivity contribution in [2.45, 2.75) is 65.4 Å². The molecule has 0 bridgehead atoms. The molecule has 0 fully saturated rings. The molecule has 0 spiro atoms. The van der Waals surface area contributed by atoms with Crippen LogP contribution >= 0.6 is 0 Å². The number of hydrogen-bond acceptors (Lipinski definition) is 1. The van der Waals surface area contributed by atoms with E-state index < -0.39 is 5.60 Å². The Labute approximate surface area is 118 Å². The van der Waals surface area contributed by atoms with Gasteiger partial charge in [-0.25, -0.2) is 0 Å². The van der Waals surface area contributed by atoms with Crippen molar-refractivity contribution in [3.05, 3.63) is 41.0 Å². The average Bonchev–Trinajstić information content (AvgIpc) is 2.23. The number of aryl methyl sites for hydroxylation is 1. The van der Waals surface area contributed by atoms with Gasteiger partial charge in [-0.05, 0) is 55.7 Å². The van der Waals surface area contributed by atoms with E-state index in [1.807, 2.05) is 13.8 Å². The zero-order chi connectivity index (χ0) is 14.7. The summed E-state index contributed by atoms with van der Waals surface area (Å²) in [6.07, 6.45) is 6.03. The van der Waals surface area contributed by atoms with Crippen LogP contribution in [-0.2, 0) is 5.41 Å². The van der Waals surface area contributed by atoms with Crippen LogP contribution in [0.3, 0.4) is 0 Å². The highest BCUT2D eigenvalue weighted by Crippen LogP contribution is 2.25. The third-order valence-electron chi connectivity index (χ3n) is 3.37. The first-order valence-electron chi connectivity index (χ1n) is 7.10. The van der Waals surface area contributed by atoms with Crippen molar-refractivity contribution < 1.29 is 5.11 Å². The number of rotatable bonds is 4. The lowest BCUT2D eigenvalue weighted by atomic mass is 9.85. The van der Waals surface area contributed by atoms with Crippen LogP contribution in [0.4, 0.5) is 0 Å². The summed E-state index contributed by atoms with van der Waals surface area (Å²) < 4.78 is 0. The SMILES string of the molecule is Cc1ccc(C(C)(C)C)cc1/C=C/CCC(C)(C)O. The summed E-state index contributed by atoms with van der Waals surface area (Å²) in [5.41, 5.74) is 3.55. The van der Waals surface area contributed by atoms with Crippen LogP contribution in [0.5, 0.6) is 0 Å². The smallest absolute Gasteiger partial charge is 0.0594 e. The van der Waals surface area contributed by atoms with Crippen molar-refractivity contribution in [1.29, 1.82) is 0 Å². The van der Waals surface area contributed by atoms with Gasteiger partial charge in [0.2, 0.25) is 0 Å². The quantitative estimate of drug-likeness (QED) is 0.820. The Morgan fingerprint density at radius 1 is 1.11 bits per heavy atom. The third-order valence-corrected chi connectivity index (χ3v) is 3.37. The van der Waals surface area contributed by atoms with Gasteiger partial charge in [-0.1, -0.05) is 51.1 Å². The third kappa shape index (κ3) is 5.61. The highest BCUT2D eigenvalue weighted by molar-refractivity contribution is 5.55.